The Kier molecular flexibility index (Phi) is 5.57. The lowest BCUT2D eigenvalue weighted by Crippen LogP contribution is -2.06. The quantitative estimate of drug-likeness (QED) is 0.442. The van der Waals surface area contributed by atoms with Crippen LogP contribution in [0.25, 0.3) is 0 Å². The highest BCUT2D eigenvalue weighted by Gasteiger charge is 2.05. The van der Waals surface area contributed by atoms with Gasteiger partial charge in [0, 0.05) is 6.07 Å². The Morgan fingerprint density at radius 1 is 1.67 bits per heavy atom. The maximum atomic E-state index is 13.0. The zero-order valence-corrected chi connectivity index (χ0v) is 10.2. The van der Waals surface area contributed by atoms with Gasteiger partial charge in [0.25, 0.3) is 0 Å². The standard InChI is InChI=1S/C13H15FN2O2/c1-3-6-11(13(17)18-4-2)7-5-10-16-12(14)8-9-15-16/h3,5-9H,1,4,10H2,2H3/b7-5-,11-6+. The van der Waals surface area contributed by atoms with E-state index in [0.29, 0.717) is 12.2 Å². The normalized spacial score (nSPS) is 11.8. The molecule has 0 bridgehead atoms. The second kappa shape index (κ2) is 7.21. The molecule has 4 nitrogen and oxygen atoms in total. The van der Waals surface area contributed by atoms with Gasteiger partial charge in [-0.25, -0.2) is 9.48 Å². The SMILES string of the molecule is C=C/C=C(\C=C/Cn1nccc1F)C(=O)OCC. The number of carbonyl (C=O) groups excluding carboxylic acids is 1. The maximum absolute atomic E-state index is 13.0. The Labute approximate surface area is 105 Å². The fourth-order valence-corrected chi connectivity index (χ4v) is 1.26. The molecule has 1 rings (SSSR count). The summed E-state index contributed by atoms with van der Waals surface area (Å²) in [5, 5.41) is 3.77. The summed E-state index contributed by atoms with van der Waals surface area (Å²) < 4.78 is 19.1. The van der Waals surface area contributed by atoms with Crippen molar-refractivity contribution in [1.29, 1.82) is 0 Å². The zero-order valence-electron chi connectivity index (χ0n) is 10.2. The first-order chi connectivity index (χ1) is 8.69. The van der Waals surface area contributed by atoms with Crippen molar-refractivity contribution in [2.24, 2.45) is 0 Å². The van der Waals surface area contributed by atoms with E-state index in [1.807, 2.05) is 0 Å². The largest absolute Gasteiger partial charge is 0.462 e. The van der Waals surface area contributed by atoms with Crippen molar-refractivity contribution in [2.75, 3.05) is 6.61 Å². The minimum atomic E-state index is -0.436. The molecule has 96 valence electrons. The van der Waals surface area contributed by atoms with Crippen molar-refractivity contribution in [2.45, 2.75) is 13.5 Å². The first-order valence-corrected chi connectivity index (χ1v) is 5.52. The Morgan fingerprint density at radius 3 is 3.00 bits per heavy atom. The molecule has 1 aromatic rings. The van der Waals surface area contributed by atoms with Crippen LogP contribution >= 0.6 is 0 Å². The lowest BCUT2D eigenvalue weighted by atomic mass is 10.2. The average molecular weight is 250 g/mol. The minimum absolute atomic E-state index is 0.243. The van der Waals surface area contributed by atoms with Crippen molar-refractivity contribution in [3.05, 3.63) is 54.7 Å². The Bertz CT molecular complexity index is 475. The predicted molar refractivity (Wildman–Crippen MR) is 66.2 cm³/mol. The molecule has 0 radical (unpaired) electrons. The summed E-state index contributed by atoms with van der Waals surface area (Å²) in [5.74, 6) is -0.861. The van der Waals surface area contributed by atoms with Crippen LogP contribution in [0.2, 0.25) is 0 Å². The number of esters is 1. The number of nitrogens with zero attached hydrogens (tertiary/aromatic N) is 2. The molecular weight excluding hydrogens is 235 g/mol. The first-order valence-electron chi connectivity index (χ1n) is 5.52. The molecule has 0 aromatic carbocycles. The summed E-state index contributed by atoms with van der Waals surface area (Å²) in [5.41, 5.74) is 0.361. The van der Waals surface area contributed by atoms with Crippen molar-refractivity contribution in [1.82, 2.24) is 9.78 Å². The Balaban J connectivity index is 2.67. The van der Waals surface area contributed by atoms with Crippen LogP contribution in [0.15, 0.2) is 48.7 Å². The molecule has 18 heavy (non-hydrogen) atoms. The van der Waals surface area contributed by atoms with Crippen LogP contribution in [0.4, 0.5) is 4.39 Å². The molecule has 5 heteroatoms. The molecule has 0 spiro atoms. The molecule has 0 aliphatic heterocycles. The van der Waals surface area contributed by atoms with Gasteiger partial charge in [0.1, 0.15) is 0 Å². The molecule has 0 aliphatic carbocycles. The van der Waals surface area contributed by atoms with Gasteiger partial charge in [0.05, 0.1) is 24.9 Å². The maximum Gasteiger partial charge on any atom is 0.338 e. The minimum Gasteiger partial charge on any atom is -0.462 e. The van der Waals surface area contributed by atoms with Gasteiger partial charge < -0.3 is 4.74 Å². The van der Waals surface area contributed by atoms with Gasteiger partial charge in [0.15, 0.2) is 0 Å². The smallest absolute Gasteiger partial charge is 0.338 e. The Morgan fingerprint density at radius 2 is 2.44 bits per heavy atom. The number of rotatable bonds is 6. The van der Waals surface area contributed by atoms with Crippen LogP contribution < -0.4 is 0 Å². The summed E-state index contributed by atoms with van der Waals surface area (Å²) in [7, 11) is 0. The lowest BCUT2D eigenvalue weighted by molar-refractivity contribution is -0.138. The summed E-state index contributed by atoms with van der Waals surface area (Å²) >= 11 is 0. The molecule has 0 atom stereocenters. The first kappa shape index (κ1) is 13.9. The van der Waals surface area contributed by atoms with Crippen molar-refractivity contribution in [3.63, 3.8) is 0 Å². The van der Waals surface area contributed by atoms with Gasteiger partial charge in [-0.3, -0.25) is 0 Å². The number of carbonyl (C=O) groups is 1. The van der Waals surface area contributed by atoms with Crippen LogP contribution in [0, 0.1) is 5.95 Å². The van der Waals surface area contributed by atoms with E-state index in [-0.39, 0.29) is 6.54 Å². The highest BCUT2D eigenvalue weighted by atomic mass is 19.1. The fourth-order valence-electron chi connectivity index (χ4n) is 1.26. The summed E-state index contributed by atoms with van der Waals surface area (Å²) in [4.78, 5) is 11.5. The van der Waals surface area contributed by atoms with E-state index in [9.17, 15) is 9.18 Å². The molecule has 0 N–H and O–H groups in total. The monoisotopic (exact) mass is 250 g/mol. The number of allylic oxidation sites excluding steroid dienone is 3. The van der Waals surface area contributed by atoms with Crippen LogP contribution in [0.1, 0.15) is 6.92 Å². The molecule has 0 saturated carbocycles. The second-order valence-electron chi connectivity index (χ2n) is 3.32. The molecular formula is C13H15FN2O2. The number of aromatic nitrogens is 2. The van der Waals surface area contributed by atoms with E-state index in [1.54, 1.807) is 19.1 Å². The van der Waals surface area contributed by atoms with Gasteiger partial charge in [-0.15, -0.1) is 0 Å². The molecule has 0 unspecified atom stereocenters. The molecule has 1 heterocycles. The van der Waals surface area contributed by atoms with E-state index in [2.05, 4.69) is 11.7 Å². The third-order valence-electron chi connectivity index (χ3n) is 2.05. The summed E-state index contributed by atoms with van der Waals surface area (Å²) in [6.07, 6.45) is 7.58. The summed E-state index contributed by atoms with van der Waals surface area (Å²) in [6, 6.07) is 1.26. The second-order valence-corrected chi connectivity index (χ2v) is 3.32. The molecule has 1 aromatic heterocycles. The van der Waals surface area contributed by atoms with Crippen LogP contribution in [-0.4, -0.2) is 22.4 Å². The van der Waals surface area contributed by atoms with Gasteiger partial charge in [0.2, 0.25) is 5.95 Å². The zero-order chi connectivity index (χ0) is 13.4. The topological polar surface area (TPSA) is 44.1 Å². The number of halogens is 1. The number of hydrogen-bond donors (Lipinski definition) is 0. The van der Waals surface area contributed by atoms with Crippen LogP contribution in [0.5, 0.6) is 0 Å². The predicted octanol–water partition coefficient (Wildman–Crippen LogP) is 2.25. The highest BCUT2D eigenvalue weighted by molar-refractivity contribution is 5.91. The lowest BCUT2D eigenvalue weighted by Gasteiger charge is -2.01. The van der Waals surface area contributed by atoms with E-state index < -0.39 is 11.9 Å². The molecule has 0 aliphatic rings. The van der Waals surface area contributed by atoms with Gasteiger partial charge in [-0.2, -0.15) is 9.49 Å². The van der Waals surface area contributed by atoms with E-state index >= 15 is 0 Å². The van der Waals surface area contributed by atoms with Crippen molar-refractivity contribution in [3.8, 4) is 0 Å². The van der Waals surface area contributed by atoms with Gasteiger partial charge >= 0.3 is 5.97 Å². The van der Waals surface area contributed by atoms with Crippen LogP contribution in [0.3, 0.4) is 0 Å². The molecule has 0 saturated heterocycles. The number of ether oxygens (including phenoxy) is 1. The third-order valence-corrected chi connectivity index (χ3v) is 2.05. The van der Waals surface area contributed by atoms with Crippen molar-refractivity contribution >= 4 is 5.97 Å². The van der Waals surface area contributed by atoms with E-state index in [0.717, 1.165) is 0 Å². The van der Waals surface area contributed by atoms with Crippen molar-refractivity contribution < 1.29 is 13.9 Å². The number of hydrogen-bond acceptors (Lipinski definition) is 3. The van der Waals surface area contributed by atoms with E-state index in [4.69, 9.17) is 4.74 Å². The van der Waals surface area contributed by atoms with E-state index in [1.165, 1.54) is 29.1 Å². The van der Waals surface area contributed by atoms with Gasteiger partial charge in [-0.1, -0.05) is 18.7 Å². The third kappa shape index (κ3) is 4.01. The highest BCUT2D eigenvalue weighted by Crippen LogP contribution is 2.03. The molecule has 0 fully saturated rings. The van der Waals surface area contributed by atoms with Gasteiger partial charge in [-0.05, 0) is 19.1 Å². The fraction of sp³-hybridized carbons (Fsp3) is 0.231. The average Bonchev–Trinajstić information content (AvgIpc) is 2.74. The Hall–Kier alpha value is -2.17. The van der Waals surface area contributed by atoms with Crippen LogP contribution in [-0.2, 0) is 16.1 Å². The summed E-state index contributed by atoms with van der Waals surface area (Å²) in [6.45, 7) is 5.79. The molecule has 0 amide bonds.